The molecule has 0 spiro atoms. The van der Waals surface area contributed by atoms with Crippen molar-refractivity contribution in [1.29, 1.82) is 0 Å². The van der Waals surface area contributed by atoms with E-state index in [1.807, 2.05) is 36.4 Å². The van der Waals surface area contributed by atoms with Crippen LogP contribution in [0.3, 0.4) is 0 Å². The van der Waals surface area contributed by atoms with Crippen LogP contribution in [0.1, 0.15) is 41.0 Å². The molecule has 0 fully saturated rings. The molecular formula is C23H18Cl3N. The molecule has 1 atom stereocenters. The Bertz CT molecular complexity index is 993. The van der Waals surface area contributed by atoms with Crippen molar-refractivity contribution in [3.8, 4) is 0 Å². The van der Waals surface area contributed by atoms with E-state index in [0.717, 1.165) is 29.1 Å². The topological polar surface area (TPSA) is 12.4 Å². The number of benzene rings is 3. The molecule has 0 saturated carbocycles. The van der Waals surface area contributed by atoms with Gasteiger partial charge in [-0.1, -0.05) is 77.3 Å². The summed E-state index contributed by atoms with van der Waals surface area (Å²) < 4.78 is 0. The van der Waals surface area contributed by atoms with Crippen LogP contribution in [-0.4, -0.2) is 5.71 Å². The van der Waals surface area contributed by atoms with Crippen molar-refractivity contribution >= 4 is 40.5 Å². The number of hydrogen-bond acceptors (Lipinski definition) is 1. The van der Waals surface area contributed by atoms with E-state index in [1.54, 1.807) is 0 Å². The van der Waals surface area contributed by atoms with E-state index >= 15 is 0 Å². The van der Waals surface area contributed by atoms with Crippen molar-refractivity contribution in [3.05, 3.63) is 104 Å². The molecule has 0 saturated heterocycles. The van der Waals surface area contributed by atoms with Crippen molar-refractivity contribution in [2.75, 3.05) is 0 Å². The van der Waals surface area contributed by atoms with Gasteiger partial charge < -0.3 is 0 Å². The smallest absolute Gasteiger partial charge is 0.0643 e. The van der Waals surface area contributed by atoms with E-state index in [-0.39, 0.29) is 0 Å². The van der Waals surface area contributed by atoms with Crippen LogP contribution in [-0.2, 0) is 6.54 Å². The van der Waals surface area contributed by atoms with Crippen molar-refractivity contribution in [3.63, 3.8) is 0 Å². The van der Waals surface area contributed by atoms with Gasteiger partial charge in [0.15, 0.2) is 0 Å². The number of nitrogens with zero attached hydrogens (tertiary/aromatic N) is 1. The van der Waals surface area contributed by atoms with E-state index < -0.39 is 0 Å². The SMILES string of the molecule is Clc1ccc(C/N=C2\CCC(c3ccc(Cl)c(Cl)c3)c3ccccc32)cc1. The molecule has 4 rings (SSSR count). The monoisotopic (exact) mass is 413 g/mol. The third-order valence-electron chi connectivity index (χ3n) is 5.03. The van der Waals surface area contributed by atoms with E-state index in [0.29, 0.717) is 22.5 Å². The Morgan fingerprint density at radius 2 is 1.63 bits per heavy atom. The molecule has 3 aromatic rings. The minimum Gasteiger partial charge on any atom is -0.284 e. The first-order valence-electron chi connectivity index (χ1n) is 8.94. The van der Waals surface area contributed by atoms with Gasteiger partial charge in [-0.25, -0.2) is 0 Å². The summed E-state index contributed by atoms with van der Waals surface area (Å²) in [5.41, 5.74) is 6.06. The fourth-order valence-electron chi connectivity index (χ4n) is 3.65. The molecule has 0 heterocycles. The molecule has 136 valence electrons. The Morgan fingerprint density at radius 3 is 2.41 bits per heavy atom. The van der Waals surface area contributed by atoms with E-state index in [4.69, 9.17) is 39.8 Å². The zero-order valence-electron chi connectivity index (χ0n) is 14.6. The molecule has 0 bridgehead atoms. The molecule has 3 aromatic carbocycles. The molecule has 4 heteroatoms. The molecule has 0 aliphatic heterocycles. The van der Waals surface area contributed by atoms with Crippen molar-refractivity contribution in [1.82, 2.24) is 0 Å². The fourth-order valence-corrected chi connectivity index (χ4v) is 4.08. The van der Waals surface area contributed by atoms with Crippen LogP contribution in [0, 0.1) is 0 Å². The highest BCUT2D eigenvalue weighted by Crippen LogP contribution is 2.38. The van der Waals surface area contributed by atoms with Gasteiger partial charge in [0, 0.05) is 16.7 Å². The second-order valence-corrected chi connectivity index (χ2v) is 7.99. The summed E-state index contributed by atoms with van der Waals surface area (Å²) in [6, 6.07) is 22.3. The second-order valence-electron chi connectivity index (χ2n) is 6.74. The molecule has 0 radical (unpaired) electrons. The quantitative estimate of drug-likeness (QED) is 0.419. The Kier molecular flexibility index (Phi) is 5.54. The summed E-state index contributed by atoms with van der Waals surface area (Å²) >= 11 is 18.3. The first-order valence-corrected chi connectivity index (χ1v) is 10.1. The third kappa shape index (κ3) is 4.06. The van der Waals surface area contributed by atoms with Crippen LogP contribution in [0.2, 0.25) is 15.1 Å². The summed E-state index contributed by atoms with van der Waals surface area (Å²) in [6.07, 6.45) is 1.95. The zero-order valence-corrected chi connectivity index (χ0v) is 16.9. The van der Waals surface area contributed by atoms with Crippen molar-refractivity contribution in [2.24, 2.45) is 4.99 Å². The van der Waals surface area contributed by atoms with Gasteiger partial charge in [-0.15, -0.1) is 0 Å². The summed E-state index contributed by atoms with van der Waals surface area (Å²) in [5.74, 6) is 0.311. The molecule has 1 unspecified atom stereocenters. The minimum absolute atomic E-state index is 0.311. The maximum Gasteiger partial charge on any atom is 0.0643 e. The highest BCUT2D eigenvalue weighted by atomic mass is 35.5. The molecule has 0 N–H and O–H groups in total. The summed E-state index contributed by atoms with van der Waals surface area (Å²) in [5, 5.41) is 1.95. The first-order chi connectivity index (χ1) is 13.1. The Labute approximate surface area is 174 Å². The average molecular weight is 415 g/mol. The van der Waals surface area contributed by atoms with Crippen LogP contribution in [0.25, 0.3) is 0 Å². The number of halogens is 3. The molecule has 1 nitrogen and oxygen atoms in total. The molecule has 0 amide bonds. The van der Waals surface area contributed by atoms with Crippen molar-refractivity contribution < 1.29 is 0 Å². The van der Waals surface area contributed by atoms with Gasteiger partial charge in [0.1, 0.15) is 0 Å². The summed E-state index contributed by atoms with van der Waals surface area (Å²) in [7, 11) is 0. The predicted molar refractivity (Wildman–Crippen MR) is 116 cm³/mol. The highest BCUT2D eigenvalue weighted by molar-refractivity contribution is 6.42. The van der Waals surface area contributed by atoms with Crippen LogP contribution < -0.4 is 0 Å². The number of fused-ring (bicyclic) bond motifs is 1. The Hall–Kier alpha value is -1.80. The average Bonchev–Trinajstić information content (AvgIpc) is 2.69. The first kappa shape index (κ1) is 18.6. The van der Waals surface area contributed by atoms with Crippen LogP contribution in [0.15, 0.2) is 71.7 Å². The standard InChI is InChI=1S/C23H18Cl3N/c24-17-8-5-15(6-9-17)14-27-23-12-10-18(19-3-1-2-4-20(19)23)16-7-11-21(25)22(26)13-16/h1-9,11,13,18H,10,12,14H2/b27-23+. The van der Waals surface area contributed by atoms with Crippen LogP contribution in [0.4, 0.5) is 0 Å². The van der Waals surface area contributed by atoms with Gasteiger partial charge in [-0.3, -0.25) is 4.99 Å². The third-order valence-corrected chi connectivity index (χ3v) is 6.02. The second kappa shape index (κ2) is 8.06. The lowest BCUT2D eigenvalue weighted by atomic mass is 9.78. The Balaban J connectivity index is 1.65. The van der Waals surface area contributed by atoms with E-state index in [1.165, 1.54) is 16.7 Å². The molecule has 27 heavy (non-hydrogen) atoms. The van der Waals surface area contributed by atoms with Gasteiger partial charge in [0.05, 0.1) is 16.6 Å². The number of aliphatic imine (C=N–C) groups is 1. The van der Waals surface area contributed by atoms with Gasteiger partial charge in [0.2, 0.25) is 0 Å². The fraction of sp³-hybridized carbons (Fsp3) is 0.174. The van der Waals surface area contributed by atoms with E-state index in [9.17, 15) is 0 Å². The van der Waals surface area contributed by atoms with Gasteiger partial charge in [0.25, 0.3) is 0 Å². The lowest BCUT2D eigenvalue weighted by Crippen LogP contribution is -2.17. The molecule has 1 aliphatic carbocycles. The largest absolute Gasteiger partial charge is 0.284 e. The molecule has 0 aromatic heterocycles. The van der Waals surface area contributed by atoms with Crippen LogP contribution >= 0.6 is 34.8 Å². The maximum atomic E-state index is 6.25. The van der Waals surface area contributed by atoms with Crippen LogP contribution in [0.5, 0.6) is 0 Å². The van der Waals surface area contributed by atoms with Gasteiger partial charge in [-0.05, 0) is 59.4 Å². The number of rotatable bonds is 3. The van der Waals surface area contributed by atoms with E-state index in [2.05, 4.69) is 30.3 Å². The normalized spacial score (nSPS) is 17.7. The summed E-state index contributed by atoms with van der Waals surface area (Å²) in [4.78, 5) is 4.91. The van der Waals surface area contributed by atoms with Gasteiger partial charge >= 0.3 is 0 Å². The lowest BCUT2D eigenvalue weighted by molar-refractivity contribution is 0.720. The zero-order chi connectivity index (χ0) is 18.8. The lowest BCUT2D eigenvalue weighted by Gasteiger charge is -2.27. The highest BCUT2D eigenvalue weighted by Gasteiger charge is 2.25. The number of hydrogen-bond donors (Lipinski definition) is 0. The molecule has 1 aliphatic rings. The van der Waals surface area contributed by atoms with Crippen molar-refractivity contribution in [2.45, 2.75) is 25.3 Å². The summed E-state index contributed by atoms with van der Waals surface area (Å²) in [6.45, 7) is 0.665. The Morgan fingerprint density at radius 1 is 0.852 bits per heavy atom. The minimum atomic E-state index is 0.311. The maximum absolute atomic E-state index is 6.25. The van der Waals surface area contributed by atoms with Gasteiger partial charge in [-0.2, -0.15) is 0 Å². The predicted octanol–water partition coefficient (Wildman–Crippen LogP) is 7.56. The molecular weight excluding hydrogens is 397 g/mol.